The Balaban J connectivity index is 1.80. The molecule has 1 aromatic carbocycles. The Labute approximate surface area is 143 Å². The molecular weight excluding hydrogens is 334 g/mol. The van der Waals surface area contributed by atoms with Gasteiger partial charge in [0.2, 0.25) is 0 Å². The smallest absolute Gasteiger partial charge is 0.191 e. The summed E-state index contributed by atoms with van der Waals surface area (Å²) in [5, 5.41) is 7.21. The third-order valence-corrected chi connectivity index (χ3v) is 5.89. The monoisotopic (exact) mass is 357 g/mol. The third-order valence-electron chi connectivity index (χ3n) is 3.80. The van der Waals surface area contributed by atoms with E-state index in [-0.39, 0.29) is 11.7 Å². The first-order valence-corrected chi connectivity index (χ1v) is 10.2. The lowest BCUT2D eigenvalue weighted by Gasteiger charge is -2.12. The molecule has 0 saturated carbocycles. The van der Waals surface area contributed by atoms with Crippen LogP contribution in [0, 0.1) is 5.92 Å². The Hall–Kier alpha value is -1.27. The van der Waals surface area contributed by atoms with Crippen LogP contribution in [-0.2, 0) is 16.3 Å². The fourth-order valence-corrected chi connectivity index (χ4v) is 4.53. The van der Waals surface area contributed by atoms with E-state index in [0.29, 0.717) is 12.3 Å². The number of rotatable bonds is 6. The van der Waals surface area contributed by atoms with E-state index in [4.69, 9.17) is 11.6 Å². The maximum Gasteiger partial charge on any atom is 0.191 e. The van der Waals surface area contributed by atoms with Crippen LogP contribution in [-0.4, -0.2) is 45.5 Å². The van der Waals surface area contributed by atoms with Crippen molar-refractivity contribution < 1.29 is 8.42 Å². The highest BCUT2D eigenvalue weighted by molar-refractivity contribution is 7.91. The van der Waals surface area contributed by atoms with Crippen LogP contribution >= 0.6 is 11.6 Å². The molecule has 0 aliphatic carbocycles. The van der Waals surface area contributed by atoms with E-state index in [1.54, 1.807) is 0 Å². The minimum atomic E-state index is -2.83. The molecule has 7 heteroatoms. The van der Waals surface area contributed by atoms with Crippen LogP contribution in [0.1, 0.15) is 18.9 Å². The van der Waals surface area contributed by atoms with Crippen molar-refractivity contribution in [2.75, 3.05) is 31.1 Å². The Kier molecular flexibility index (Phi) is 6.72. The number of nitrogens with one attached hydrogen (secondary N) is 2. The van der Waals surface area contributed by atoms with Gasteiger partial charge in [-0.2, -0.15) is 0 Å². The van der Waals surface area contributed by atoms with Crippen LogP contribution in [0.3, 0.4) is 0 Å². The van der Waals surface area contributed by atoms with E-state index < -0.39 is 9.84 Å². The quantitative estimate of drug-likeness (QED) is 0.602. The predicted molar refractivity (Wildman–Crippen MR) is 95.9 cm³/mol. The fraction of sp³-hybridized carbons (Fsp3) is 0.562. The number of aliphatic imine (C=N–C) groups is 1. The zero-order valence-electron chi connectivity index (χ0n) is 13.4. The van der Waals surface area contributed by atoms with Gasteiger partial charge in [0.15, 0.2) is 15.8 Å². The van der Waals surface area contributed by atoms with Gasteiger partial charge in [0.1, 0.15) is 0 Å². The molecule has 1 aromatic rings. The van der Waals surface area contributed by atoms with Crippen molar-refractivity contribution in [1.29, 1.82) is 0 Å². The lowest BCUT2D eigenvalue weighted by atomic mass is 10.1. The van der Waals surface area contributed by atoms with Crippen LogP contribution in [0.15, 0.2) is 29.3 Å². The maximum absolute atomic E-state index is 11.5. The summed E-state index contributed by atoms with van der Waals surface area (Å²) in [6.07, 6.45) is 1.59. The Morgan fingerprint density at radius 1 is 1.30 bits per heavy atom. The van der Waals surface area contributed by atoms with Gasteiger partial charge in [0.25, 0.3) is 0 Å². The highest BCUT2D eigenvalue weighted by atomic mass is 35.5. The molecule has 1 heterocycles. The summed E-state index contributed by atoms with van der Waals surface area (Å²) in [6.45, 7) is 4.10. The number of guanidine groups is 1. The first-order valence-electron chi connectivity index (χ1n) is 7.95. The molecule has 0 spiro atoms. The molecule has 23 heavy (non-hydrogen) atoms. The average molecular weight is 358 g/mol. The van der Waals surface area contributed by atoms with Crippen molar-refractivity contribution in [3.05, 3.63) is 34.9 Å². The van der Waals surface area contributed by atoms with Crippen LogP contribution in [0.4, 0.5) is 0 Å². The van der Waals surface area contributed by atoms with E-state index in [2.05, 4.69) is 15.6 Å². The lowest BCUT2D eigenvalue weighted by Crippen LogP contribution is -2.38. The van der Waals surface area contributed by atoms with Gasteiger partial charge in [-0.05, 0) is 43.4 Å². The normalized spacial score (nSPS) is 20.4. The molecule has 1 saturated heterocycles. The summed E-state index contributed by atoms with van der Waals surface area (Å²) in [6, 6.07) is 7.79. The zero-order valence-corrected chi connectivity index (χ0v) is 15.0. The standard InChI is InChI=1S/C16H24ClN3O2S/c1-2-18-16(20-11-14-8-10-23(21,22)12-14)19-9-7-13-3-5-15(17)6-4-13/h3-6,14H,2,7-12H2,1H3,(H2,18,19,20). The molecular formula is C16H24ClN3O2S. The molecule has 0 radical (unpaired) electrons. The van der Waals surface area contributed by atoms with E-state index in [0.717, 1.165) is 36.9 Å². The minimum absolute atomic E-state index is 0.145. The maximum atomic E-state index is 11.5. The number of benzene rings is 1. The summed E-state index contributed by atoms with van der Waals surface area (Å²) in [5.41, 5.74) is 1.21. The van der Waals surface area contributed by atoms with Crippen LogP contribution < -0.4 is 10.6 Å². The molecule has 1 fully saturated rings. The highest BCUT2D eigenvalue weighted by Crippen LogP contribution is 2.18. The summed E-state index contributed by atoms with van der Waals surface area (Å²) in [4.78, 5) is 4.52. The highest BCUT2D eigenvalue weighted by Gasteiger charge is 2.27. The SMILES string of the molecule is CCNC(=NCC1CCS(=O)(=O)C1)NCCc1ccc(Cl)cc1. The first kappa shape index (κ1) is 18.1. The Bertz CT molecular complexity index is 629. The predicted octanol–water partition coefficient (Wildman–Crippen LogP) is 1.87. The summed E-state index contributed by atoms with van der Waals surface area (Å²) < 4.78 is 23.0. The van der Waals surface area contributed by atoms with Gasteiger partial charge >= 0.3 is 0 Å². The van der Waals surface area contributed by atoms with Gasteiger partial charge in [0.05, 0.1) is 11.5 Å². The van der Waals surface area contributed by atoms with E-state index >= 15 is 0 Å². The molecule has 128 valence electrons. The average Bonchev–Trinajstić information content (AvgIpc) is 2.86. The number of hydrogen-bond acceptors (Lipinski definition) is 3. The van der Waals surface area contributed by atoms with Crippen LogP contribution in [0.2, 0.25) is 5.02 Å². The van der Waals surface area contributed by atoms with Crippen molar-refractivity contribution in [2.45, 2.75) is 19.8 Å². The lowest BCUT2D eigenvalue weighted by molar-refractivity contribution is 0.589. The summed E-state index contributed by atoms with van der Waals surface area (Å²) in [5.74, 6) is 1.45. The summed E-state index contributed by atoms with van der Waals surface area (Å²) >= 11 is 5.87. The van der Waals surface area contributed by atoms with Gasteiger partial charge in [-0.15, -0.1) is 0 Å². The van der Waals surface area contributed by atoms with E-state index in [1.165, 1.54) is 5.56 Å². The van der Waals surface area contributed by atoms with Gasteiger partial charge in [-0.1, -0.05) is 23.7 Å². The molecule has 1 unspecified atom stereocenters. The minimum Gasteiger partial charge on any atom is -0.357 e. The second-order valence-corrected chi connectivity index (χ2v) is 8.46. The number of sulfone groups is 1. The van der Waals surface area contributed by atoms with Gasteiger partial charge < -0.3 is 10.6 Å². The molecule has 0 bridgehead atoms. The van der Waals surface area contributed by atoms with E-state index in [9.17, 15) is 8.42 Å². The topological polar surface area (TPSA) is 70.6 Å². The molecule has 5 nitrogen and oxygen atoms in total. The van der Waals surface area contributed by atoms with Crippen molar-refractivity contribution >= 4 is 27.4 Å². The fourth-order valence-electron chi connectivity index (χ4n) is 2.55. The molecule has 0 aromatic heterocycles. The van der Waals surface area contributed by atoms with Gasteiger partial charge in [0, 0.05) is 24.7 Å². The number of halogens is 1. The second kappa shape index (κ2) is 8.55. The third kappa shape index (κ3) is 6.39. The Morgan fingerprint density at radius 3 is 2.65 bits per heavy atom. The molecule has 1 aliphatic heterocycles. The number of nitrogens with zero attached hydrogens (tertiary/aromatic N) is 1. The molecule has 1 atom stereocenters. The van der Waals surface area contributed by atoms with Crippen molar-refractivity contribution in [3.8, 4) is 0 Å². The van der Waals surface area contributed by atoms with Crippen molar-refractivity contribution in [3.63, 3.8) is 0 Å². The van der Waals surface area contributed by atoms with Crippen LogP contribution in [0.25, 0.3) is 0 Å². The summed E-state index contributed by atoms with van der Waals surface area (Å²) in [7, 11) is -2.83. The molecule has 2 N–H and O–H groups in total. The number of hydrogen-bond donors (Lipinski definition) is 2. The van der Waals surface area contributed by atoms with E-state index in [1.807, 2.05) is 31.2 Å². The van der Waals surface area contributed by atoms with Crippen molar-refractivity contribution in [1.82, 2.24) is 10.6 Å². The first-order chi connectivity index (χ1) is 11.0. The van der Waals surface area contributed by atoms with Crippen LogP contribution in [0.5, 0.6) is 0 Å². The zero-order chi connectivity index (χ0) is 16.7. The molecule has 2 rings (SSSR count). The largest absolute Gasteiger partial charge is 0.357 e. The second-order valence-electron chi connectivity index (χ2n) is 5.79. The van der Waals surface area contributed by atoms with Gasteiger partial charge in [-0.3, -0.25) is 4.99 Å². The van der Waals surface area contributed by atoms with Gasteiger partial charge in [-0.25, -0.2) is 8.42 Å². The Morgan fingerprint density at radius 2 is 2.04 bits per heavy atom. The molecule has 0 amide bonds. The van der Waals surface area contributed by atoms with Crippen molar-refractivity contribution in [2.24, 2.45) is 10.9 Å². The molecule has 1 aliphatic rings.